The molecule has 2 heterocycles. The Morgan fingerprint density at radius 2 is 1.90 bits per heavy atom. The molecule has 0 atom stereocenters. The fraction of sp³-hybridized carbons (Fsp3) is 0.174. The summed E-state index contributed by atoms with van der Waals surface area (Å²) >= 11 is 5.86. The molecule has 0 spiro atoms. The smallest absolute Gasteiger partial charge is 0.225 e. The fourth-order valence-corrected chi connectivity index (χ4v) is 3.22. The van der Waals surface area contributed by atoms with Gasteiger partial charge in [0.15, 0.2) is 5.82 Å². The number of hydrogen-bond acceptors (Lipinski definition) is 4. The molecule has 0 aliphatic carbocycles. The Balaban J connectivity index is 1.38. The summed E-state index contributed by atoms with van der Waals surface area (Å²) in [5.41, 5.74) is 1.67. The highest BCUT2D eigenvalue weighted by molar-refractivity contribution is 6.30. The van der Waals surface area contributed by atoms with Gasteiger partial charge in [-0.15, -0.1) is 0 Å². The average Bonchev–Trinajstić information content (AvgIpc) is 3.12. The van der Waals surface area contributed by atoms with Gasteiger partial charge in [0.1, 0.15) is 11.6 Å². The molecular weight excluding hydrogens is 400 g/mol. The Hall–Kier alpha value is -3.38. The van der Waals surface area contributed by atoms with E-state index >= 15 is 0 Å². The van der Waals surface area contributed by atoms with Gasteiger partial charge < -0.3 is 10.1 Å². The number of carbonyl (C=O) groups is 1. The molecule has 0 aliphatic heterocycles. The van der Waals surface area contributed by atoms with Crippen LogP contribution in [0, 0.1) is 6.92 Å². The minimum atomic E-state index is -0.100. The normalized spacial score (nSPS) is 10.9. The van der Waals surface area contributed by atoms with E-state index < -0.39 is 0 Å². The Labute approximate surface area is 179 Å². The van der Waals surface area contributed by atoms with Crippen molar-refractivity contribution in [3.63, 3.8) is 0 Å². The maximum absolute atomic E-state index is 12.4. The molecular formula is C23H21ClN4O2. The van der Waals surface area contributed by atoms with E-state index in [9.17, 15) is 4.79 Å². The Morgan fingerprint density at radius 1 is 1.10 bits per heavy atom. The van der Waals surface area contributed by atoms with Crippen molar-refractivity contribution < 1.29 is 9.53 Å². The molecule has 4 aromatic rings. The lowest BCUT2D eigenvalue weighted by Gasteiger charge is -2.09. The quantitative estimate of drug-likeness (QED) is 0.418. The molecule has 2 aromatic carbocycles. The van der Waals surface area contributed by atoms with E-state index in [4.69, 9.17) is 16.3 Å². The fourth-order valence-electron chi connectivity index (χ4n) is 3.10. The lowest BCUT2D eigenvalue weighted by atomic mass is 10.2. The minimum Gasteiger partial charge on any atom is -0.494 e. The highest BCUT2D eigenvalue weighted by atomic mass is 35.5. The van der Waals surface area contributed by atoms with Crippen molar-refractivity contribution in [1.82, 2.24) is 14.8 Å². The number of carbonyl (C=O) groups excluding carboxylic acids is 1. The number of amides is 1. The molecule has 1 N–H and O–H groups in total. The van der Waals surface area contributed by atoms with Crippen molar-refractivity contribution >= 4 is 34.2 Å². The van der Waals surface area contributed by atoms with Crippen molar-refractivity contribution in [3.05, 3.63) is 77.4 Å². The third-order valence-electron chi connectivity index (χ3n) is 4.53. The number of nitrogens with one attached hydrogen (secondary N) is 1. The van der Waals surface area contributed by atoms with E-state index in [-0.39, 0.29) is 5.91 Å². The Kier molecular flexibility index (Phi) is 5.95. The third kappa shape index (κ3) is 4.78. The third-order valence-corrected chi connectivity index (χ3v) is 4.78. The number of aromatic nitrogens is 3. The molecule has 30 heavy (non-hydrogen) atoms. The SMILES string of the molecule is Cc1cc(NC(=O)CCCOc2ccc(Cl)cc2)n(-c2ccc3ccccc3n2)n1. The number of halogens is 1. The van der Waals surface area contributed by atoms with Crippen LogP contribution in [0.4, 0.5) is 5.82 Å². The molecule has 0 saturated carbocycles. The van der Waals surface area contributed by atoms with E-state index in [1.54, 1.807) is 28.9 Å². The molecule has 1 amide bonds. The van der Waals surface area contributed by atoms with Gasteiger partial charge in [0.2, 0.25) is 5.91 Å². The predicted molar refractivity (Wildman–Crippen MR) is 118 cm³/mol. The summed E-state index contributed by atoms with van der Waals surface area (Å²) in [6.07, 6.45) is 0.929. The number of benzene rings is 2. The summed E-state index contributed by atoms with van der Waals surface area (Å²) in [5.74, 6) is 1.88. The molecule has 0 bridgehead atoms. The van der Waals surface area contributed by atoms with Gasteiger partial charge in [-0.25, -0.2) is 4.98 Å². The van der Waals surface area contributed by atoms with Gasteiger partial charge in [0, 0.05) is 22.9 Å². The van der Waals surface area contributed by atoms with E-state index in [2.05, 4.69) is 15.4 Å². The predicted octanol–water partition coefficient (Wildman–Crippen LogP) is 5.18. The molecule has 0 fully saturated rings. The number of rotatable bonds is 7. The Morgan fingerprint density at radius 3 is 2.73 bits per heavy atom. The molecule has 6 nitrogen and oxygen atoms in total. The average molecular weight is 421 g/mol. The number of para-hydroxylation sites is 1. The standard InChI is InChI=1S/C23H21ClN4O2/c1-16-15-22(26-23(29)7-4-14-30-19-11-9-18(24)10-12-19)28(27-16)21-13-8-17-5-2-3-6-20(17)25-21/h2-3,5-6,8-13,15H,4,7,14H2,1H3,(H,26,29). The van der Waals surface area contributed by atoms with Crippen LogP contribution in [0.2, 0.25) is 5.02 Å². The van der Waals surface area contributed by atoms with E-state index in [1.807, 2.05) is 49.4 Å². The Bertz CT molecular complexity index is 1170. The van der Waals surface area contributed by atoms with Gasteiger partial charge in [-0.3, -0.25) is 4.79 Å². The summed E-state index contributed by atoms with van der Waals surface area (Å²) in [7, 11) is 0. The van der Waals surface area contributed by atoms with Gasteiger partial charge in [0.05, 0.1) is 17.8 Å². The van der Waals surface area contributed by atoms with Gasteiger partial charge in [-0.05, 0) is 55.8 Å². The van der Waals surface area contributed by atoms with Gasteiger partial charge in [-0.1, -0.05) is 29.8 Å². The van der Waals surface area contributed by atoms with Gasteiger partial charge in [0.25, 0.3) is 0 Å². The highest BCUT2D eigenvalue weighted by Gasteiger charge is 2.12. The molecule has 0 unspecified atom stereocenters. The van der Waals surface area contributed by atoms with Crippen LogP contribution >= 0.6 is 11.6 Å². The first-order chi connectivity index (χ1) is 14.6. The van der Waals surface area contributed by atoms with E-state index in [0.717, 1.165) is 22.3 Å². The maximum Gasteiger partial charge on any atom is 0.225 e. The van der Waals surface area contributed by atoms with Gasteiger partial charge in [-0.2, -0.15) is 9.78 Å². The number of anilines is 1. The zero-order valence-corrected chi connectivity index (χ0v) is 17.3. The van der Waals surface area contributed by atoms with Crippen LogP contribution in [-0.4, -0.2) is 27.3 Å². The van der Waals surface area contributed by atoms with Crippen LogP contribution in [-0.2, 0) is 4.79 Å². The lowest BCUT2D eigenvalue weighted by Crippen LogP contribution is -2.16. The topological polar surface area (TPSA) is 69.0 Å². The molecule has 152 valence electrons. The van der Waals surface area contributed by atoms with E-state index in [1.165, 1.54) is 0 Å². The number of pyridine rings is 1. The number of nitrogens with zero attached hydrogens (tertiary/aromatic N) is 3. The van der Waals surface area contributed by atoms with Crippen molar-refractivity contribution in [1.29, 1.82) is 0 Å². The van der Waals surface area contributed by atoms with Crippen LogP contribution in [0.5, 0.6) is 5.75 Å². The van der Waals surface area contributed by atoms with Crippen LogP contribution in [0.3, 0.4) is 0 Å². The van der Waals surface area contributed by atoms with Crippen LogP contribution in [0.15, 0.2) is 66.7 Å². The van der Waals surface area contributed by atoms with Crippen LogP contribution < -0.4 is 10.1 Å². The lowest BCUT2D eigenvalue weighted by molar-refractivity contribution is -0.116. The first-order valence-electron chi connectivity index (χ1n) is 9.69. The van der Waals surface area contributed by atoms with Crippen molar-refractivity contribution in [3.8, 4) is 11.6 Å². The number of aryl methyl sites for hydroxylation is 1. The van der Waals surface area contributed by atoms with Crippen molar-refractivity contribution in [2.24, 2.45) is 0 Å². The summed E-state index contributed by atoms with van der Waals surface area (Å²) in [5, 5.41) is 9.13. The summed E-state index contributed by atoms with van der Waals surface area (Å²) in [6.45, 7) is 2.33. The number of fused-ring (bicyclic) bond motifs is 1. The second-order valence-corrected chi connectivity index (χ2v) is 7.34. The number of hydrogen-bond donors (Lipinski definition) is 1. The van der Waals surface area contributed by atoms with Crippen LogP contribution in [0.25, 0.3) is 16.7 Å². The molecule has 0 saturated heterocycles. The molecule has 0 aliphatic rings. The molecule has 7 heteroatoms. The molecule has 2 aromatic heterocycles. The first kappa shape index (κ1) is 19.9. The molecule has 4 rings (SSSR count). The summed E-state index contributed by atoms with van der Waals surface area (Å²) in [4.78, 5) is 17.1. The summed E-state index contributed by atoms with van der Waals surface area (Å²) in [6, 6.07) is 20.8. The minimum absolute atomic E-state index is 0.100. The second-order valence-electron chi connectivity index (χ2n) is 6.90. The van der Waals surface area contributed by atoms with Crippen molar-refractivity contribution in [2.75, 3.05) is 11.9 Å². The summed E-state index contributed by atoms with van der Waals surface area (Å²) < 4.78 is 7.29. The number of ether oxygens (including phenoxy) is 1. The second kappa shape index (κ2) is 8.97. The van der Waals surface area contributed by atoms with Crippen LogP contribution in [0.1, 0.15) is 18.5 Å². The zero-order valence-electron chi connectivity index (χ0n) is 16.5. The van der Waals surface area contributed by atoms with E-state index in [0.29, 0.717) is 36.1 Å². The monoisotopic (exact) mass is 420 g/mol. The largest absolute Gasteiger partial charge is 0.494 e. The molecule has 0 radical (unpaired) electrons. The highest BCUT2D eigenvalue weighted by Crippen LogP contribution is 2.20. The van der Waals surface area contributed by atoms with Crippen molar-refractivity contribution in [2.45, 2.75) is 19.8 Å². The van der Waals surface area contributed by atoms with Gasteiger partial charge >= 0.3 is 0 Å². The first-order valence-corrected chi connectivity index (χ1v) is 10.1. The maximum atomic E-state index is 12.4. The zero-order chi connectivity index (χ0) is 20.9.